The van der Waals surface area contributed by atoms with E-state index in [2.05, 4.69) is 17.2 Å². The van der Waals surface area contributed by atoms with Crippen LogP contribution in [0, 0.1) is 17.8 Å². The van der Waals surface area contributed by atoms with Crippen molar-refractivity contribution in [1.82, 2.24) is 0 Å². The molecule has 1 rings (SSSR count). The predicted molar refractivity (Wildman–Crippen MR) is 70.5 cm³/mol. The van der Waals surface area contributed by atoms with E-state index in [9.17, 15) is 4.79 Å². The third-order valence-corrected chi connectivity index (χ3v) is 2.55. The number of nitrogens with two attached hydrogens (primary N) is 1. The van der Waals surface area contributed by atoms with Gasteiger partial charge in [-0.05, 0) is 30.7 Å². The summed E-state index contributed by atoms with van der Waals surface area (Å²) in [5.41, 5.74) is 6.99. The predicted octanol–water partition coefficient (Wildman–Crippen LogP) is 1.98. The SMILES string of the molecule is CCC(C)C(=O)Nc1ccc(C#CCN)cc1. The lowest BCUT2D eigenvalue weighted by atomic mass is 10.1. The highest BCUT2D eigenvalue weighted by molar-refractivity contribution is 5.92. The van der Waals surface area contributed by atoms with E-state index < -0.39 is 0 Å². The number of hydrogen-bond donors (Lipinski definition) is 2. The molecule has 0 fully saturated rings. The average Bonchev–Trinajstić information content (AvgIpc) is 2.37. The lowest BCUT2D eigenvalue weighted by Crippen LogP contribution is -2.19. The van der Waals surface area contributed by atoms with Crippen LogP contribution < -0.4 is 11.1 Å². The minimum absolute atomic E-state index is 0.0340. The topological polar surface area (TPSA) is 55.1 Å². The van der Waals surface area contributed by atoms with Gasteiger partial charge in [0.25, 0.3) is 0 Å². The van der Waals surface area contributed by atoms with Gasteiger partial charge < -0.3 is 11.1 Å². The molecule has 0 radical (unpaired) electrons. The second-order valence-corrected chi connectivity index (χ2v) is 3.88. The monoisotopic (exact) mass is 230 g/mol. The van der Waals surface area contributed by atoms with Gasteiger partial charge in [-0.15, -0.1) is 0 Å². The Balaban J connectivity index is 2.65. The largest absolute Gasteiger partial charge is 0.326 e. The Labute approximate surface area is 102 Å². The van der Waals surface area contributed by atoms with Gasteiger partial charge in [0.2, 0.25) is 5.91 Å². The molecule has 0 aliphatic carbocycles. The molecule has 0 aliphatic heterocycles. The molecule has 3 heteroatoms. The Morgan fingerprint density at radius 2 is 2.06 bits per heavy atom. The van der Waals surface area contributed by atoms with Gasteiger partial charge in [0.05, 0.1) is 6.54 Å². The van der Waals surface area contributed by atoms with Crippen LogP contribution in [0.5, 0.6) is 0 Å². The highest BCUT2D eigenvalue weighted by Gasteiger charge is 2.09. The van der Waals surface area contributed by atoms with E-state index in [1.807, 2.05) is 38.1 Å². The first-order valence-electron chi connectivity index (χ1n) is 5.77. The summed E-state index contributed by atoms with van der Waals surface area (Å²) in [6.45, 7) is 4.26. The number of anilines is 1. The number of carbonyl (C=O) groups excluding carboxylic acids is 1. The molecule has 1 aromatic carbocycles. The third-order valence-electron chi connectivity index (χ3n) is 2.55. The van der Waals surface area contributed by atoms with E-state index in [4.69, 9.17) is 5.73 Å². The average molecular weight is 230 g/mol. The number of nitrogens with one attached hydrogen (secondary N) is 1. The Hall–Kier alpha value is -1.79. The van der Waals surface area contributed by atoms with E-state index >= 15 is 0 Å². The highest BCUT2D eigenvalue weighted by atomic mass is 16.1. The van der Waals surface area contributed by atoms with Crippen LogP contribution in [-0.2, 0) is 4.79 Å². The maximum atomic E-state index is 11.6. The number of carbonyl (C=O) groups is 1. The highest BCUT2D eigenvalue weighted by Crippen LogP contribution is 2.11. The van der Waals surface area contributed by atoms with Gasteiger partial charge in [0, 0.05) is 17.2 Å². The number of hydrogen-bond acceptors (Lipinski definition) is 2. The van der Waals surface area contributed by atoms with Crippen LogP contribution in [0.4, 0.5) is 5.69 Å². The van der Waals surface area contributed by atoms with Crippen molar-refractivity contribution in [2.75, 3.05) is 11.9 Å². The fourth-order valence-corrected chi connectivity index (χ4v) is 1.24. The van der Waals surface area contributed by atoms with E-state index in [1.54, 1.807) is 0 Å². The second-order valence-electron chi connectivity index (χ2n) is 3.88. The van der Waals surface area contributed by atoms with E-state index in [0.29, 0.717) is 6.54 Å². The number of amides is 1. The molecule has 0 aliphatic rings. The maximum Gasteiger partial charge on any atom is 0.227 e. The molecule has 90 valence electrons. The summed E-state index contributed by atoms with van der Waals surface area (Å²) in [4.78, 5) is 11.6. The molecule has 0 saturated heterocycles. The normalized spacial score (nSPS) is 11.2. The van der Waals surface area contributed by atoms with Crippen molar-refractivity contribution in [3.63, 3.8) is 0 Å². The summed E-state index contributed by atoms with van der Waals surface area (Å²) < 4.78 is 0. The van der Waals surface area contributed by atoms with Gasteiger partial charge in [-0.3, -0.25) is 4.79 Å². The first-order chi connectivity index (χ1) is 8.17. The van der Waals surface area contributed by atoms with Crippen molar-refractivity contribution in [3.8, 4) is 11.8 Å². The van der Waals surface area contributed by atoms with Gasteiger partial charge >= 0.3 is 0 Å². The summed E-state index contributed by atoms with van der Waals surface area (Å²) in [6.07, 6.45) is 0.839. The fraction of sp³-hybridized carbons (Fsp3) is 0.357. The number of rotatable bonds is 3. The van der Waals surface area contributed by atoms with Crippen LogP contribution in [0.1, 0.15) is 25.8 Å². The summed E-state index contributed by atoms with van der Waals surface area (Å²) >= 11 is 0. The second kappa shape index (κ2) is 6.72. The molecule has 0 aromatic heterocycles. The Morgan fingerprint density at radius 1 is 1.41 bits per heavy atom. The van der Waals surface area contributed by atoms with Gasteiger partial charge in [-0.25, -0.2) is 0 Å². The first-order valence-corrected chi connectivity index (χ1v) is 5.77. The van der Waals surface area contributed by atoms with Gasteiger partial charge in [0.15, 0.2) is 0 Å². The molecule has 0 spiro atoms. The van der Waals surface area contributed by atoms with Gasteiger partial charge in [0.1, 0.15) is 0 Å². The van der Waals surface area contributed by atoms with Crippen molar-refractivity contribution >= 4 is 11.6 Å². The Kier molecular flexibility index (Phi) is 5.25. The zero-order valence-electron chi connectivity index (χ0n) is 10.3. The molecule has 17 heavy (non-hydrogen) atoms. The minimum atomic E-state index is 0.0340. The van der Waals surface area contributed by atoms with Crippen molar-refractivity contribution in [1.29, 1.82) is 0 Å². The van der Waals surface area contributed by atoms with Gasteiger partial charge in [-0.2, -0.15) is 0 Å². The van der Waals surface area contributed by atoms with E-state index in [-0.39, 0.29) is 11.8 Å². The van der Waals surface area contributed by atoms with Crippen LogP contribution in [0.3, 0.4) is 0 Å². The van der Waals surface area contributed by atoms with Crippen LogP contribution in [0.15, 0.2) is 24.3 Å². The quantitative estimate of drug-likeness (QED) is 0.780. The zero-order valence-corrected chi connectivity index (χ0v) is 10.3. The molecule has 0 saturated carbocycles. The molecule has 1 amide bonds. The summed E-state index contributed by atoms with van der Waals surface area (Å²) in [6, 6.07) is 7.44. The van der Waals surface area contributed by atoms with Gasteiger partial charge in [-0.1, -0.05) is 25.7 Å². The number of benzene rings is 1. The van der Waals surface area contributed by atoms with Crippen LogP contribution >= 0.6 is 0 Å². The molecular weight excluding hydrogens is 212 g/mol. The van der Waals surface area contributed by atoms with E-state index in [1.165, 1.54) is 0 Å². The smallest absolute Gasteiger partial charge is 0.227 e. The molecule has 3 N–H and O–H groups in total. The summed E-state index contributed by atoms with van der Waals surface area (Å²) in [5, 5.41) is 2.86. The van der Waals surface area contributed by atoms with Crippen LogP contribution in [0.25, 0.3) is 0 Å². The van der Waals surface area contributed by atoms with Crippen molar-refractivity contribution in [2.24, 2.45) is 11.7 Å². The molecule has 0 heterocycles. The molecule has 1 aromatic rings. The van der Waals surface area contributed by atoms with Crippen molar-refractivity contribution in [3.05, 3.63) is 29.8 Å². The first kappa shape index (κ1) is 13.3. The molecule has 3 nitrogen and oxygen atoms in total. The molecule has 0 bridgehead atoms. The van der Waals surface area contributed by atoms with Crippen molar-refractivity contribution in [2.45, 2.75) is 20.3 Å². The summed E-state index contributed by atoms with van der Waals surface area (Å²) in [5.74, 6) is 5.80. The lowest BCUT2D eigenvalue weighted by Gasteiger charge is -2.09. The Bertz CT molecular complexity index is 426. The van der Waals surface area contributed by atoms with Crippen molar-refractivity contribution < 1.29 is 4.79 Å². The molecular formula is C14H18N2O. The zero-order chi connectivity index (χ0) is 12.7. The fourth-order valence-electron chi connectivity index (χ4n) is 1.24. The van der Waals surface area contributed by atoms with Crippen LogP contribution in [-0.4, -0.2) is 12.5 Å². The molecule has 1 unspecified atom stereocenters. The molecule has 1 atom stereocenters. The lowest BCUT2D eigenvalue weighted by molar-refractivity contribution is -0.119. The minimum Gasteiger partial charge on any atom is -0.326 e. The van der Waals surface area contributed by atoms with Crippen LogP contribution in [0.2, 0.25) is 0 Å². The standard InChI is InChI=1S/C14H18N2O/c1-3-11(2)14(17)16-13-8-6-12(7-9-13)5-4-10-15/h6-9,11H,3,10,15H2,1-2H3,(H,16,17). The third kappa shape index (κ3) is 4.29. The van der Waals surface area contributed by atoms with E-state index in [0.717, 1.165) is 17.7 Å². The maximum absolute atomic E-state index is 11.6. The Morgan fingerprint density at radius 3 is 2.59 bits per heavy atom. The summed E-state index contributed by atoms with van der Waals surface area (Å²) in [7, 11) is 0.